The van der Waals surface area contributed by atoms with Gasteiger partial charge in [-0.3, -0.25) is 19.3 Å². The van der Waals surface area contributed by atoms with Gasteiger partial charge in [0.05, 0.1) is 41.0 Å². The first-order valence-electron chi connectivity index (χ1n) is 16.5. The van der Waals surface area contributed by atoms with E-state index in [0.717, 1.165) is 43.3 Å². The van der Waals surface area contributed by atoms with E-state index < -0.39 is 11.8 Å². The number of aromatic nitrogens is 1. The summed E-state index contributed by atoms with van der Waals surface area (Å²) in [6, 6.07) is 11.0. The number of Topliss-reactive ketones (excluding diaryl/α,β-unsaturated/α-hetero) is 1. The van der Waals surface area contributed by atoms with Crippen LogP contribution in [0.4, 0.5) is 5.69 Å². The van der Waals surface area contributed by atoms with Crippen LogP contribution >= 0.6 is 23.2 Å². The predicted octanol–water partition coefficient (Wildman–Crippen LogP) is 5.73. The molecule has 3 aromatic rings. The van der Waals surface area contributed by atoms with E-state index in [1.807, 2.05) is 35.9 Å². The van der Waals surface area contributed by atoms with E-state index in [1.54, 1.807) is 18.3 Å². The number of aliphatic carboxylic acids is 1. The molecular formula is C35H40Cl2N4O6. The van der Waals surface area contributed by atoms with Crippen LogP contribution in [0, 0.1) is 5.92 Å². The third kappa shape index (κ3) is 6.09. The lowest BCUT2D eigenvalue weighted by molar-refractivity contribution is -0.267. The van der Waals surface area contributed by atoms with E-state index in [4.69, 9.17) is 32.7 Å². The molecule has 1 amide bonds. The van der Waals surface area contributed by atoms with Crippen LogP contribution in [0.2, 0.25) is 10.0 Å². The van der Waals surface area contributed by atoms with Crippen LogP contribution in [0.3, 0.4) is 0 Å². The van der Waals surface area contributed by atoms with E-state index in [2.05, 4.69) is 15.1 Å². The van der Waals surface area contributed by atoms with Crippen molar-refractivity contribution in [1.82, 2.24) is 14.4 Å². The Labute approximate surface area is 283 Å². The molecule has 2 bridgehead atoms. The number of ether oxygens (including phenoxy) is 2. The molecule has 4 heterocycles. The third-order valence-corrected chi connectivity index (χ3v) is 11.1. The summed E-state index contributed by atoms with van der Waals surface area (Å²) in [5, 5.41) is 13.9. The second-order valence-electron chi connectivity index (χ2n) is 13.4. The molecule has 2 aromatic carbocycles. The number of carbonyl (C=O) groups excluding carboxylic acids is 2. The number of amides is 1. The maximum Gasteiger partial charge on any atom is 0.306 e. The van der Waals surface area contributed by atoms with E-state index in [0.29, 0.717) is 60.7 Å². The Morgan fingerprint density at radius 3 is 2.49 bits per heavy atom. The van der Waals surface area contributed by atoms with E-state index in [-0.39, 0.29) is 47.3 Å². The van der Waals surface area contributed by atoms with Crippen LogP contribution in [0.15, 0.2) is 42.6 Å². The van der Waals surface area contributed by atoms with Gasteiger partial charge in [0.2, 0.25) is 5.85 Å². The molecular weight excluding hydrogens is 643 g/mol. The molecule has 250 valence electrons. The van der Waals surface area contributed by atoms with Crippen LogP contribution in [0.25, 0.3) is 10.9 Å². The number of carboxylic acids is 1. The molecule has 1 unspecified atom stereocenters. The van der Waals surface area contributed by atoms with Crippen LogP contribution in [0.1, 0.15) is 60.9 Å². The van der Waals surface area contributed by atoms with E-state index in [1.165, 1.54) is 0 Å². The van der Waals surface area contributed by atoms with E-state index >= 15 is 0 Å². The SMILES string of the molecule is Cn1cc(C(=O)Nc2cc(Cl)c(CC(=O)C(OC3CCC(C(=O)O)CC3)(N3CCCC3)N3C[C@@H]4C[C@H]3CO4)cc2Cl)c2ccccc21. The molecule has 10 nitrogen and oxygen atoms in total. The maximum absolute atomic E-state index is 14.9. The number of likely N-dealkylation sites (tertiary alicyclic amines) is 2. The first-order chi connectivity index (χ1) is 22.6. The van der Waals surface area contributed by atoms with Gasteiger partial charge >= 0.3 is 5.97 Å². The Bertz CT molecular complexity index is 1700. The quantitative estimate of drug-likeness (QED) is 0.279. The number of fused-ring (bicyclic) bond motifs is 3. The number of benzene rings is 2. The Kier molecular flexibility index (Phi) is 9.10. The molecule has 4 fully saturated rings. The molecule has 0 radical (unpaired) electrons. The van der Waals surface area contributed by atoms with E-state index in [9.17, 15) is 19.5 Å². The van der Waals surface area contributed by atoms with Crippen molar-refractivity contribution < 1.29 is 29.0 Å². The highest BCUT2D eigenvalue weighted by Crippen LogP contribution is 2.42. The van der Waals surface area contributed by atoms with Gasteiger partial charge in [0, 0.05) is 61.3 Å². The molecule has 1 saturated carbocycles. The van der Waals surface area contributed by atoms with Gasteiger partial charge < -0.3 is 24.5 Å². The van der Waals surface area contributed by atoms with Crippen molar-refractivity contribution in [2.75, 3.05) is 31.6 Å². The average molecular weight is 684 g/mol. The van der Waals surface area contributed by atoms with Crippen molar-refractivity contribution in [2.24, 2.45) is 13.0 Å². The summed E-state index contributed by atoms with van der Waals surface area (Å²) in [4.78, 5) is 44.2. The number of aryl methyl sites for hydroxylation is 1. The van der Waals surface area contributed by atoms with Crippen LogP contribution in [-0.4, -0.2) is 87.5 Å². The molecule has 3 saturated heterocycles. The minimum Gasteiger partial charge on any atom is -0.481 e. The number of halogens is 2. The lowest BCUT2D eigenvalue weighted by atomic mass is 9.87. The molecule has 4 aliphatic rings. The zero-order valence-corrected chi connectivity index (χ0v) is 27.9. The fraction of sp³-hybridized carbons (Fsp3) is 0.514. The third-order valence-electron chi connectivity index (χ3n) is 10.4. The smallest absolute Gasteiger partial charge is 0.306 e. The standard InChI is InChI=1S/C35H40Cl2N4O6/c1-39-19-27(26-6-2-3-7-31(26)39)33(43)38-30-17-28(36)22(14-29(30)37)15-32(42)35(40-12-4-5-13-40,41-18-25-16-23(41)20-46-25)47-24-10-8-21(9-11-24)34(44)45/h2-3,6-7,14,17,19,21,23-25H,4-5,8-13,15-16,18,20H2,1H3,(H,38,43)(H,44,45)/t21?,23-,24?,25-,35?/m0/s1. The highest BCUT2D eigenvalue weighted by atomic mass is 35.5. The minimum absolute atomic E-state index is 0.0220. The number of para-hydroxylation sites is 1. The summed E-state index contributed by atoms with van der Waals surface area (Å²) >= 11 is 13.6. The zero-order valence-electron chi connectivity index (χ0n) is 26.4. The highest BCUT2D eigenvalue weighted by molar-refractivity contribution is 6.36. The van der Waals surface area contributed by atoms with Gasteiger partial charge in [-0.05, 0) is 68.7 Å². The van der Waals surface area contributed by atoms with Gasteiger partial charge in [0.15, 0.2) is 5.78 Å². The number of hydrogen-bond acceptors (Lipinski definition) is 7. The lowest BCUT2D eigenvalue weighted by Crippen LogP contribution is -2.70. The van der Waals surface area contributed by atoms with Crippen LogP contribution < -0.4 is 5.32 Å². The molecule has 2 N–H and O–H groups in total. The topological polar surface area (TPSA) is 113 Å². The van der Waals surface area contributed by atoms with Gasteiger partial charge in [-0.1, -0.05) is 41.4 Å². The van der Waals surface area contributed by atoms with Crippen molar-refractivity contribution in [2.45, 2.75) is 75.5 Å². The first-order valence-corrected chi connectivity index (χ1v) is 17.3. The van der Waals surface area contributed by atoms with Crippen molar-refractivity contribution in [3.05, 3.63) is 63.8 Å². The van der Waals surface area contributed by atoms with Crippen LogP contribution in [0.5, 0.6) is 0 Å². The van der Waals surface area contributed by atoms with Gasteiger partial charge in [0.25, 0.3) is 5.91 Å². The lowest BCUT2D eigenvalue weighted by Gasteiger charge is -2.51. The number of morpholine rings is 1. The summed E-state index contributed by atoms with van der Waals surface area (Å²) in [6.07, 6.45) is 6.52. The summed E-state index contributed by atoms with van der Waals surface area (Å²) < 4.78 is 14.9. The van der Waals surface area contributed by atoms with Crippen LogP contribution in [-0.2, 0) is 32.5 Å². The summed E-state index contributed by atoms with van der Waals surface area (Å²) in [5.41, 5.74) is 2.36. The van der Waals surface area contributed by atoms with Gasteiger partial charge in [0.1, 0.15) is 0 Å². The first kappa shape index (κ1) is 32.6. The molecule has 1 aromatic heterocycles. The summed E-state index contributed by atoms with van der Waals surface area (Å²) in [5.74, 6) is -2.92. The second-order valence-corrected chi connectivity index (χ2v) is 14.2. The molecule has 47 heavy (non-hydrogen) atoms. The largest absolute Gasteiger partial charge is 0.481 e. The normalized spacial score (nSPS) is 26.1. The second kappa shape index (κ2) is 13.1. The molecule has 1 aliphatic carbocycles. The number of carbonyl (C=O) groups is 3. The Morgan fingerprint density at radius 1 is 1.06 bits per heavy atom. The van der Waals surface area contributed by atoms with Gasteiger partial charge in [-0.2, -0.15) is 0 Å². The minimum atomic E-state index is -1.32. The highest BCUT2D eigenvalue weighted by Gasteiger charge is 2.58. The number of hydrogen-bond donors (Lipinski definition) is 2. The van der Waals surface area contributed by atoms with Gasteiger partial charge in [-0.15, -0.1) is 0 Å². The summed E-state index contributed by atoms with van der Waals surface area (Å²) in [7, 11) is 1.89. The molecule has 3 atom stereocenters. The number of anilines is 1. The number of ketones is 1. The Balaban J connectivity index is 1.16. The number of carboxylic acid groups (broad SMARTS) is 1. The predicted molar refractivity (Wildman–Crippen MR) is 179 cm³/mol. The van der Waals surface area contributed by atoms with Gasteiger partial charge in [-0.25, -0.2) is 4.90 Å². The molecule has 3 aliphatic heterocycles. The fourth-order valence-electron chi connectivity index (χ4n) is 8.00. The molecule has 7 rings (SSSR count). The fourth-order valence-corrected chi connectivity index (χ4v) is 8.46. The molecule has 0 spiro atoms. The maximum atomic E-state index is 14.9. The number of rotatable bonds is 10. The average Bonchev–Trinajstić information content (AvgIpc) is 3.89. The van der Waals surface area contributed by atoms with Crippen molar-refractivity contribution >= 4 is 57.5 Å². The van der Waals surface area contributed by atoms with Crippen molar-refractivity contribution in [3.63, 3.8) is 0 Å². The zero-order chi connectivity index (χ0) is 32.9. The number of nitrogens with one attached hydrogen (secondary N) is 1. The number of nitrogens with zero attached hydrogens (tertiary/aromatic N) is 3. The molecule has 12 heteroatoms. The Morgan fingerprint density at radius 2 is 1.81 bits per heavy atom. The van der Waals surface area contributed by atoms with Crippen molar-refractivity contribution in [3.8, 4) is 0 Å². The monoisotopic (exact) mass is 682 g/mol. The summed E-state index contributed by atoms with van der Waals surface area (Å²) in [6.45, 7) is 2.57. The Hall–Kier alpha value is -2.99. The van der Waals surface area contributed by atoms with Crippen molar-refractivity contribution in [1.29, 1.82) is 0 Å².